The topological polar surface area (TPSA) is 67.4 Å². The van der Waals surface area contributed by atoms with Crippen LogP contribution in [0, 0.1) is 0 Å². The molecule has 18 heavy (non-hydrogen) atoms. The molecule has 0 amide bonds. The van der Waals surface area contributed by atoms with Crippen LogP contribution in [0.25, 0.3) is 0 Å². The van der Waals surface area contributed by atoms with Crippen molar-refractivity contribution in [3.05, 3.63) is 34.3 Å². The Hall–Kier alpha value is -0.470. The Morgan fingerprint density at radius 1 is 1.22 bits per heavy atom. The van der Waals surface area contributed by atoms with Gasteiger partial charge in [-0.05, 0) is 24.6 Å². The molecule has 2 N–H and O–H groups in total. The highest BCUT2D eigenvalue weighted by Crippen LogP contribution is 2.10. The van der Waals surface area contributed by atoms with E-state index in [2.05, 4.69) is 25.4 Å². The summed E-state index contributed by atoms with van der Waals surface area (Å²) in [5.74, 6) is 0. The van der Waals surface area contributed by atoms with Crippen LogP contribution in [0.3, 0.4) is 0 Å². The van der Waals surface area contributed by atoms with Gasteiger partial charge in [0.2, 0.25) is 0 Å². The molecule has 0 heterocycles. The third-order valence-corrected chi connectivity index (χ3v) is 3.76. The van der Waals surface area contributed by atoms with E-state index in [0.29, 0.717) is 13.2 Å². The second kappa shape index (κ2) is 7.85. The molecule has 0 bridgehead atoms. The van der Waals surface area contributed by atoms with E-state index in [9.17, 15) is 8.42 Å². The van der Waals surface area contributed by atoms with Crippen LogP contribution >= 0.6 is 15.9 Å². The van der Waals surface area contributed by atoms with Crippen molar-refractivity contribution in [2.24, 2.45) is 0 Å². The van der Waals surface area contributed by atoms with Crippen LogP contribution in [-0.2, 0) is 21.5 Å². The number of benzene rings is 1. The summed E-state index contributed by atoms with van der Waals surface area (Å²) < 4.78 is 34.0. The summed E-state index contributed by atoms with van der Waals surface area (Å²) in [6.45, 7) is 3.34. The van der Waals surface area contributed by atoms with Gasteiger partial charge in [0.05, 0.1) is 6.61 Å². The summed E-state index contributed by atoms with van der Waals surface area (Å²) in [5, 5.41) is 0. The molecule has 1 rings (SSSR count). The zero-order valence-corrected chi connectivity index (χ0v) is 12.6. The van der Waals surface area contributed by atoms with Gasteiger partial charge in [0.15, 0.2) is 0 Å². The van der Waals surface area contributed by atoms with Crippen LogP contribution in [0.15, 0.2) is 28.7 Å². The molecule has 0 saturated carbocycles. The fraction of sp³-hybridized carbons (Fsp3) is 0.455. The number of ether oxygens (including phenoxy) is 1. The number of hydrogen-bond donors (Lipinski definition) is 2. The van der Waals surface area contributed by atoms with Crippen LogP contribution in [0.2, 0.25) is 0 Å². The SMILES string of the molecule is CCOCCNS(=O)(=O)NCc1ccc(Br)cc1. The fourth-order valence-electron chi connectivity index (χ4n) is 1.22. The number of rotatable bonds is 8. The van der Waals surface area contributed by atoms with E-state index < -0.39 is 10.2 Å². The summed E-state index contributed by atoms with van der Waals surface area (Å²) in [6.07, 6.45) is 0. The predicted molar refractivity (Wildman–Crippen MR) is 74.4 cm³/mol. The minimum Gasteiger partial charge on any atom is -0.380 e. The first-order valence-electron chi connectivity index (χ1n) is 5.60. The standard InChI is InChI=1S/C11H17BrN2O3S/c1-2-17-8-7-13-18(15,16)14-9-10-3-5-11(12)6-4-10/h3-6,13-14H,2,7-9H2,1H3. The Morgan fingerprint density at radius 2 is 1.89 bits per heavy atom. The molecule has 5 nitrogen and oxygen atoms in total. The van der Waals surface area contributed by atoms with Gasteiger partial charge in [-0.2, -0.15) is 17.9 Å². The van der Waals surface area contributed by atoms with E-state index in [1.54, 1.807) is 0 Å². The number of hydrogen-bond acceptors (Lipinski definition) is 3. The molecule has 0 aliphatic rings. The summed E-state index contributed by atoms with van der Waals surface area (Å²) in [7, 11) is -3.46. The van der Waals surface area contributed by atoms with E-state index in [-0.39, 0.29) is 13.1 Å². The molecule has 7 heteroatoms. The maximum absolute atomic E-state index is 11.5. The van der Waals surface area contributed by atoms with Crippen molar-refractivity contribution in [3.8, 4) is 0 Å². The molecule has 0 unspecified atom stereocenters. The van der Waals surface area contributed by atoms with Gasteiger partial charge in [-0.25, -0.2) is 0 Å². The molecule has 102 valence electrons. The van der Waals surface area contributed by atoms with Crippen molar-refractivity contribution in [1.29, 1.82) is 0 Å². The molecule has 0 atom stereocenters. The number of nitrogens with one attached hydrogen (secondary N) is 2. The molecule has 0 aliphatic heterocycles. The maximum Gasteiger partial charge on any atom is 0.277 e. The zero-order chi connectivity index (χ0) is 13.4. The lowest BCUT2D eigenvalue weighted by atomic mass is 10.2. The molecule has 0 fully saturated rings. The minimum atomic E-state index is -3.46. The van der Waals surface area contributed by atoms with Crippen molar-refractivity contribution in [2.75, 3.05) is 19.8 Å². The van der Waals surface area contributed by atoms with Gasteiger partial charge in [-0.15, -0.1) is 0 Å². The Bertz CT molecular complexity index is 448. The van der Waals surface area contributed by atoms with Gasteiger partial charge in [0.25, 0.3) is 10.2 Å². The number of halogens is 1. The average Bonchev–Trinajstić information content (AvgIpc) is 2.34. The first kappa shape index (κ1) is 15.6. The van der Waals surface area contributed by atoms with Crippen LogP contribution in [0.1, 0.15) is 12.5 Å². The second-order valence-corrected chi connectivity index (χ2v) is 6.04. The van der Waals surface area contributed by atoms with Gasteiger partial charge < -0.3 is 4.74 Å². The van der Waals surface area contributed by atoms with Crippen molar-refractivity contribution in [3.63, 3.8) is 0 Å². The highest BCUT2D eigenvalue weighted by atomic mass is 79.9. The van der Waals surface area contributed by atoms with E-state index >= 15 is 0 Å². The molecule has 0 aliphatic carbocycles. The van der Waals surface area contributed by atoms with Gasteiger partial charge in [0, 0.05) is 24.2 Å². The Labute approximate surface area is 116 Å². The molecular weight excluding hydrogens is 320 g/mol. The largest absolute Gasteiger partial charge is 0.380 e. The molecule has 1 aromatic rings. The van der Waals surface area contributed by atoms with Crippen molar-refractivity contribution in [1.82, 2.24) is 9.44 Å². The van der Waals surface area contributed by atoms with E-state index in [0.717, 1.165) is 10.0 Å². The zero-order valence-electron chi connectivity index (χ0n) is 10.1. The minimum absolute atomic E-state index is 0.261. The summed E-state index contributed by atoms with van der Waals surface area (Å²) in [5.41, 5.74) is 0.897. The van der Waals surface area contributed by atoms with Crippen LogP contribution < -0.4 is 9.44 Å². The fourth-order valence-corrected chi connectivity index (χ4v) is 2.30. The van der Waals surface area contributed by atoms with E-state index in [1.807, 2.05) is 31.2 Å². The lowest BCUT2D eigenvalue weighted by molar-refractivity contribution is 0.153. The van der Waals surface area contributed by atoms with Gasteiger partial charge in [-0.3, -0.25) is 0 Å². The van der Waals surface area contributed by atoms with Crippen molar-refractivity contribution < 1.29 is 13.2 Å². The van der Waals surface area contributed by atoms with Crippen LogP contribution in [0.4, 0.5) is 0 Å². The monoisotopic (exact) mass is 336 g/mol. The highest BCUT2D eigenvalue weighted by Gasteiger charge is 2.07. The van der Waals surface area contributed by atoms with Gasteiger partial charge in [0.1, 0.15) is 0 Å². The molecule has 0 radical (unpaired) electrons. The molecule has 0 spiro atoms. The van der Waals surface area contributed by atoms with Crippen LogP contribution in [-0.4, -0.2) is 28.2 Å². The normalized spacial score (nSPS) is 11.7. The van der Waals surface area contributed by atoms with Crippen molar-refractivity contribution >= 4 is 26.1 Å². The lowest BCUT2D eigenvalue weighted by Gasteiger charge is -2.08. The molecule has 0 saturated heterocycles. The Kier molecular flexibility index (Phi) is 6.80. The summed E-state index contributed by atoms with van der Waals surface area (Å²) >= 11 is 3.32. The van der Waals surface area contributed by atoms with E-state index in [4.69, 9.17) is 4.74 Å². The lowest BCUT2D eigenvalue weighted by Crippen LogP contribution is -2.37. The summed E-state index contributed by atoms with van der Waals surface area (Å²) in [6, 6.07) is 7.44. The highest BCUT2D eigenvalue weighted by molar-refractivity contribution is 9.10. The van der Waals surface area contributed by atoms with Gasteiger partial charge in [-0.1, -0.05) is 28.1 Å². The average molecular weight is 337 g/mol. The third kappa shape index (κ3) is 6.46. The van der Waals surface area contributed by atoms with Gasteiger partial charge >= 0.3 is 0 Å². The Morgan fingerprint density at radius 3 is 2.50 bits per heavy atom. The second-order valence-electron chi connectivity index (χ2n) is 3.54. The quantitative estimate of drug-likeness (QED) is 0.705. The molecule has 0 aromatic heterocycles. The first-order valence-corrected chi connectivity index (χ1v) is 7.87. The summed E-state index contributed by atoms with van der Waals surface area (Å²) in [4.78, 5) is 0. The molecular formula is C11H17BrN2O3S. The first-order chi connectivity index (χ1) is 8.53. The van der Waals surface area contributed by atoms with Crippen LogP contribution in [0.5, 0.6) is 0 Å². The third-order valence-electron chi connectivity index (χ3n) is 2.12. The van der Waals surface area contributed by atoms with E-state index in [1.165, 1.54) is 0 Å². The predicted octanol–water partition coefficient (Wildman–Crippen LogP) is 1.41. The smallest absolute Gasteiger partial charge is 0.277 e. The maximum atomic E-state index is 11.5. The molecule has 1 aromatic carbocycles. The van der Waals surface area contributed by atoms with Crippen molar-refractivity contribution in [2.45, 2.75) is 13.5 Å². The Balaban J connectivity index is 2.34.